The summed E-state index contributed by atoms with van der Waals surface area (Å²) in [5.41, 5.74) is 5.43. The Labute approximate surface area is 109 Å². The minimum atomic E-state index is -0.928. The first kappa shape index (κ1) is 13.3. The largest absolute Gasteiger partial charge is 0.481 e. The number of benzene rings is 1. The van der Waals surface area contributed by atoms with Crippen LogP contribution in [0.25, 0.3) is 0 Å². The fraction of sp³-hybridized carbons (Fsp3) is 0.385. The van der Waals surface area contributed by atoms with E-state index < -0.39 is 17.7 Å². The first-order valence-corrected chi connectivity index (χ1v) is 6.07. The van der Waals surface area contributed by atoms with E-state index in [-0.39, 0.29) is 24.6 Å². The van der Waals surface area contributed by atoms with E-state index in [0.29, 0.717) is 5.69 Å². The number of primary amides is 1. The van der Waals surface area contributed by atoms with Gasteiger partial charge >= 0.3 is 5.97 Å². The van der Waals surface area contributed by atoms with Crippen LogP contribution in [-0.4, -0.2) is 29.6 Å². The number of carbonyl (C=O) groups is 2. The van der Waals surface area contributed by atoms with Crippen LogP contribution in [0.5, 0.6) is 0 Å². The van der Waals surface area contributed by atoms with Crippen molar-refractivity contribution in [3.05, 3.63) is 29.6 Å². The van der Waals surface area contributed by atoms with Gasteiger partial charge in [0.05, 0.1) is 17.7 Å². The molecule has 1 aliphatic carbocycles. The molecule has 0 bridgehead atoms. The predicted octanol–water partition coefficient (Wildman–Crippen LogP) is 1.37. The zero-order chi connectivity index (χ0) is 14.0. The molecule has 0 spiro atoms. The minimum Gasteiger partial charge on any atom is -0.481 e. The summed E-state index contributed by atoms with van der Waals surface area (Å²) in [5, 5.41) is 8.75. The number of hydrogen-bond donors (Lipinski definition) is 2. The molecule has 1 amide bonds. The SMILES string of the molecule is NC(=O)c1c(F)cccc1N(CCC(=O)O)C1CC1. The van der Waals surface area contributed by atoms with E-state index in [9.17, 15) is 14.0 Å². The first-order chi connectivity index (χ1) is 9.00. The van der Waals surface area contributed by atoms with Crippen molar-refractivity contribution in [2.75, 3.05) is 11.4 Å². The molecule has 5 nitrogen and oxygen atoms in total. The first-order valence-electron chi connectivity index (χ1n) is 6.07. The highest BCUT2D eigenvalue weighted by Gasteiger charge is 2.32. The third-order valence-electron chi connectivity index (χ3n) is 3.10. The molecule has 0 saturated heterocycles. The molecular formula is C13H15FN2O3. The van der Waals surface area contributed by atoms with E-state index in [1.807, 2.05) is 0 Å². The molecule has 1 aromatic carbocycles. The van der Waals surface area contributed by atoms with Gasteiger partial charge in [0.1, 0.15) is 5.82 Å². The fourth-order valence-corrected chi connectivity index (χ4v) is 2.10. The summed E-state index contributed by atoms with van der Waals surface area (Å²) in [6.45, 7) is 0.240. The van der Waals surface area contributed by atoms with Gasteiger partial charge in [-0.25, -0.2) is 4.39 Å². The number of carboxylic acid groups (broad SMARTS) is 1. The molecule has 0 unspecified atom stereocenters. The Kier molecular flexibility index (Phi) is 3.69. The van der Waals surface area contributed by atoms with Crippen molar-refractivity contribution in [2.24, 2.45) is 5.73 Å². The smallest absolute Gasteiger partial charge is 0.305 e. The number of nitrogens with zero attached hydrogens (tertiary/aromatic N) is 1. The average Bonchev–Trinajstić information content (AvgIpc) is 3.12. The van der Waals surface area contributed by atoms with Crippen molar-refractivity contribution in [1.29, 1.82) is 0 Å². The molecule has 0 aliphatic heterocycles. The minimum absolute atomic E-state index is 0.0643. The van der Waals surface area contributed by atoms with Gasteiger partial charge in [0.15, 0.2) is 0 Å². The number of hydrogen-bond acceptors (Lipinski definition) is 3. The maximum absolute atomic E-state index is 13.7. The van der Waals surface area contributed by atoms with Crippen LogP contribution in [0, 0.1) is 5.82 Å². The number of halogens is 1. The molecule has 0 aromatic heterocycles. The van der Waals surface area contributed by atoms with Gasteiger partial charge in [-0.3, -0.25) is 9.59 Å². The van der Waals surface area contributed by atoms with Gasteiger partial charge < -0.3 is 15.7 Å². The Bertz CT molecular complexity index is 515. The highest BCUT2D eigenvalue weighted by Crippen LogP contribution is 2.34. The second-order valence-corrected chi connectivity index (χ2v) is 4.57. The molecule has 1 aromatic rings. The van der Waals surface area contributed by atoms with E-state index in [1.54, 1.807) is 11.0 Å². The number of carbonyl (C=O) groups excluding carboxylic acids is 1. The summed E-state index contributed by atoms with van der Waals surface area (Å²) >= 11 is 0. The van der Waals surface area contributed by atoms with Crippen LogP contribution in [-0.2, 0) is 4.79 Å². The average molecular weight is 266 g/mol. The molecule has 1 saturated carbocycles. The summed E-state index contributed by atoms with van der Waals surface area (Å²) in [4.78, 5) is 23.8. The van der Waals surface area contributed by atoms with Gasteiger partial charge in [-0.2, -0.15) is 0 Å². The number of amides is 1. The lowest BCUT2D eigenvalue weighted by Gasteiger charge is -2.26. The molecule has 0 atom stereocenters. The van der Waals surface area contributed by atoms with Crippen LogP contribution in [0.4, 0.5) is 10.1 Å². The molecule has 6 heteroatoms. The monoisotopic (exact) mass is 266 g/mol. The van der Waals surface area contributed by atoms with Gasteiger partial charge in [-0.15, -0.1) is 0 Å². The lowest BCUT2D eigenvalue weighted by atomic mass is 10.1. The van der Waals surface area contributed by atoms with Crippen LogP contribution in [0.1, 0.15) is 29.6 Å². The Morgan fingerprint density at radius 1 is 1.42 bits per heavy atom. The van der Waals surface area contributed by atoms with Gasteiger partial charge in [-0.1, -0.05) is 6.07 Å². The number of anilines is 1. The predicted molar refractivity (Wildman–Crippen MR) is 67.5 cm³/mol. The Balaban J connectivity index is 2.33. The molecule has 0 heterocycles. The van der Waals surface area contributed by atoms with Crippen LogP contribution >= 0.6 is 0 Å². The van der Waals surface area contributed by atoms with Crippen molar-refractivity contribution >= 4 is 17.6 Å². The van der Waals surface area contributed by atoms with Crippen LogP contribution < -0.4 is 10.6 Å². The van der Waals surface area contributed by atoms with Gasteiger partial charge in [0, 0.05) is 12.6 Å². The second-order valence-electron chi connectivity index (χ2n) is 4.57. The number of carboxylic acids is 1. The third-order valence-corrected chi connectivity index (χ3v) is 3.10. The maximum Gasteiger partial charge on any atom is 0.305 e. The molecule has 19 heavy (non-hydrogen) atoms. The molecule has 0 radical (unpaired) electrons. The highest BCUT2D eigenvalue weighted by atomic mass is 19.1. The Morgan fingerprint density at radius 2 is 2.11 bits per heavy atom. The van der Waals surface area contributed by atoms with Gasteiger partial charge in [0.2, 0.25) is 0 Å². The van der Waals surface area contributed by atoms with Crippen molar-refractivity contribution in [3.63, 3.8) is 0 Å². The van der Waals surface area contributed by atoms with Crippen molar-refractivity contribution in [3.8, 4) is 0 Å². The lowest BCUT2D eigenvalue weighted by Crippen LogP contribution is -2.31. The van der Waals surface area contributed by atoms with Crippen molar-refractivity contribution < 1.29 is 19.1 Å². The van der Waals surface area contributed by atoms with E-state index in [1.165, 1.54) is 12.1 Å². The number of nitrogens with two attached hydrogens (primary N) is 1. The zero-order valence-electron chi connectivity index (χ0n) is 10.3. The van der Waals surface area contributed by atoms with Crippen LogP contribution in [0.2, 0.25) is 0 Å². The Hall–Kier alpha value is -2.11. The molecule has 1 fully saturated rings. The summed E-state index contributed by atoms with van der Waals surface area (Å²) in [5.74, 6) is -2.44. The molecule has 2 rings (SSSR count). The summed E-state index contributed by atoms with van der Waals surface area (Å²) in [7, 11) is 0. The van der Waals surface area contributed by atoms with Crippen LogP contribution in [0.15, 0.2) is 18.2 Å². The fourth-order valence-electron chi connectivity index (χ4n) is 2.10. The quantitative estimate of drug-likeness (QED) is 0.814. The van der Waals surface area contributed by atoms with Gasteiger partial charge in [-0.05, 0) is 25.0 Å². The van der Waals surface area contributed by atoms with E-state index in [2.05, 4.69) is 0 Å². The van der Waals surface area contributed by atoms with Gasteiger partial charge in [0.25, 0.3) is 5.91 Å². The molecule has 3 N–H and O–H groups in total. The summed E-state index contributed by atoms with van der Waals surface area (Å²) in [6, 6.07) is 4.43. The van der Waals surface area contributed by atoms with Crippen molar-refractivity contribution in [2.45, 2.75) is 25.3 Å². The molecular weight excluding hydrogens is 251 g/mol. The molecule has 102 valence electrons. The Morgan fingerprint density at radius 3 is 2.63 bits per heavy atom. The highest BCUT2D eigenvalue weighted by molar-refractivity contribution is 5.99. The lowest BCUT2D eigenvalue weighted by molar-refractivity contribution is -0.136. The zero-order valence-corrected chi connectivity index (χ0v) is 10.3. The van der Waals surface area contributed by atoms with E-state index in [0.717, 1.165) is 12.8 Å². The number of aliphatic carboxylic acids is 1. The van der Waals surface area contributed by atoms with Crippen LogP contribution in [0.3, 0.4) is 0 Å². The standard InChI is InChI=1S/C13H15FN2O3/c14-9-2-1-3-10(12(9)13(15)19)16(8-4-5-8)7-6-11(17)18/h1-3,8H,4-7H2,(H2,15,19)(H,17,18). The summed E-state index contributed by atoms with van der Waals surface area (Å²) in [6.07, 6.45) is 1.76. The van der Waals surface area contributed by atoms with E-state index >= 15 is 0 Å². The normalized spacial score (nSPS) is 14.2. The topological polar surface area (TPSA) is 83.6 Å². The second kappa shape index (κ2) is 5.26. The third kappa shape index (κ3) is 3.01. The van der Waals surface area contributed by atoms with E-state index in [4.69, 9.17) is 10.8 Å². The molecule has 1 aliphatic rings. The summed E-state index contributed by atoms with van der Waals surface area (Å²) < 4.78 is 13.7. The van der Waals surface area contributed by atoms with Crippen molar-refractivity contribution in [1.82, 2.24) is 0 Å². The maximum atomic E-state index is 13.7. The number of rotatable bonds is 6.